The summed E-state index contributed by atoms with van der Waals surface area (Å²) in [6.07, 6.45) is 11.0. The highest BCUT2D eigenvalue weighted by Crippen LogP contribution is 2.43. The van der Waals surface area contributed by atoms with E-state index in [2.05, 4.69) is 26.1 Å². The van der Waals surface area contributed by atoms with E-state index in [9.17, 15) is 13.9 Å². The second-order valence-electron chi connectivity index (χ2n) is 13.0. The van der Waals surface area contributed by atoms with Crippen molar-refractivity contribution in [3.63, 3.8) is 0 Å². The monoisotopic (exact) mass is 629 g/mol. The normalized spacial score (nSPS) is 28.0. The number of hydrogen-bond donors (Lipinski definition) is 2. The third-order valence-electron chi connectivity index (χ3n) is 10.0. The van der Waals surface area contributed by atoms with Gasteiger partial charge in [-0.3, -0.25) is 9.88 Å². The van der Waals surface area contributed by atoms with Crippen LogP contribution in [0.15, 0.2) is 42.4 Å². The number of fused-ring (bicyclic) bond motifs is 5. The number of halogens is 3. The number of nitrogens with one attached hydrogen (secondary N) is 1. The predicted molar refractivity (Wildman–Crippen MR) is 169 cm³/mol. The van der Waals surface area contributed by atoms with Crippen molar-refractivity contribution >= 4 is 27.5 Å². The van der Waals surface area contributed by atoms with E-state index in [1.165, 1.54) is 30.5 Å². The first-order valence-electron chi connectivity index (χ1n) is 16.9. The van der Waals surface area contributed by atoms with Crippen molar-refractivity contribution in [1.82, 2.24) is 25.2 Å². The van der Waals surface area contributed by atoms with Gasteiger partial charge in [-0.2, -0.15) is 9.97 Å². The topological polar surface area (TPSA) is 86.6 Å². The largest absolute Gasteiger partial charge is 0.508 e. The zero-order valence-corrected chi connectivity index (χ0v) is 24.9. The highest BCUT2D eigenvalue weighted by molar-refractivity contribution is 6.03. The van der Waals surface area contributed by atoms with E-state index >= 15 is 4.39 Å². The van der Waals surface area contributed by atoms with Crippen LogP contribution in [0.3, 0.4) is 0 Å². The van der Waals surface area contributed by atoms with Crippen molar-refractivity contribution in [2.24, 2.45) is 0 Å². The molecule has 0 spiro atoms. The van der Waals surface area contributed by atoms with Crippen molar-refractivity contribution in [2.45, 2.75) is 56.1 Å². The Labute approximate surface area is 268 Å². The van der Waals surface area contributed by atoms with E-state index in [-0.39, 0.29) is 69.9 Å². The summed E-state index contributed by atoms with van der Waals surface area (Å²) in [5, 5.41) is 14.7. The number of terminal acetylenes is 1. The second-order valence-corrected chi connectivity index (χ2v) is 13.0. The standard InChI is InChI=1S/C35H33F3N6O2/c1-3-24-27(37)6-5-21-11-23(45)12-25(28(21)24)30-29(38)31-26(15-39-30)32(43-17-22-7-9-34(2,18-43)42-22)41-33(40-31)46-19-35-8-4-10-44(35)16-20(13-35)14-36/h1,5-6,11-12,14-15,22,42,45H,4,7-10,13,16-19H2,2H3/b20-14+/t22?,34?,35-/m0/s1/i2D3. The fourth-order valence-corrected chi connectivity index (χ4v) is 7.95. The van der Waals surface area contributed by atoms with Crippen LogP contribution in [0.2, 0.25) is 0 Å². The van der Waals surface area contributed by atoms with Crippen LogP contribution in [-0.4, -0.2) is 74.9 Å². The molecule has 46 heavy (non-hydrogen) atoms. The van der Waals surface area contributed by atoms with Crippen molar-refractivity contribution < 1.29 is 27.1 Å². The first kappa shape index (κ1) is 25.8. The van der Waals surface area contributed by atoms with E-state index in [1.807, 2.05) is 4.90 Å². The molecule has 0 aliphatic carbocycles. The van der Waals surface area contributed by atoms with Crippen LogP contribution in [0, 0.1) is 24.0 Å². The lowest BCUT2D eigenvalue weighted by Gasteiger charge is -2.40. The summed E-state index contributed by atoms with van der Waals surface area (Å²) in [5.74, 6) is 0.855. The van der Waals surface area contributed by atoms with Gasteiger partial charge in [0.05, 0.1) is 22.8 Å². The molecule has 8 nitrogen and oxygen atoms in total. The zero-order valence-electron chi connectivity index (χ0n) is 27.9. The molecule has 236 valence electrons. The number of aromatic nitrogens is 3. The summed E-state index contributed by atoms with van der Waals surface area (Å²) in [6, 6.07) is 5.05. The maximum Gasteiger partial charge on any atom is 0.319 e. The third kappa shape index (κ3) is 4.57. The molecule has 4 aromatic rings. The Kier molecular flexibility index (Phi) is 5.92. The summed E-state index contributed by atoms with van der Waals surface area (Å²) in [4.78, 5) is 17.7. The quantitative estimate of drug-likeness (QED) is 0.276. The number of ether oxygens (including phenoxy) is 1. The molecule has 4 aliphatic heterocycles. The summed E-state index contributed by atoms with van der Waals surface area (Å²) >= 11 is 0. The van der Waals surface area contributed by atoms with Gasteiger partial charge in [0, 0.05) is 52.5 Å². The molecule has 11 heteroatoms. The van der Waals surface area contributed by atoms with Crippen molar-refractivity contribution in [1.29, 1.82) is 0 Å². The number of pyridine rings is 1. The SMILES string of the molecule is [2H]C([2H])([2H])C12CCC(CN(c3nc(OC[C@@]45CCCN4C/C(=C/F)C5)nc4c(F)c(-c5cc(O)cc6ccc(F)c(C#C)c56)ncc34)C1)N2. The lowest BCUT2D eigenvalue weighted by molar-refractivity contribution is 0.108. The van der Waals surface area contributed by atoms with Crippen LogP contribution in [0.5, 0.6) is 11.8 Å². The summed E-state index contributed by atoms with van der Waals surface area (Å²) in [6.45, 7) is -0.373. The molecule has 2 N–H and O–H groups in total. The van der Waals surface area contributed by atoms with Crippen molar-refractivity contribution in [3.05, 3.63) is 59.6 Å². The summed E-state index contributed by atoms with van der Waals surface area (Å²) in [7, 11) is 0. The Hall–Kier alpha value is -4.40. The Bertz CT molecular complexity index is 2110. The Morgan fingerprint density at radius 2 is 2.17 bits per heavy atom. The van der Waals surface area contributed by atoms with Gasteiger partial charge in [0.25, 0.3) is 0 Å². The third-order valence-corrected chi connectivity index (χ3v) is 10.0. The van der Waals surface area contributed by atoms with Gasteiger partial charge in [-0.15, -0.1) is 6.42 Å². The maximum atomic E-state index is 16.9. The van der Waals surface area contributed by atoms with Crippen LogP contribution in [-0.2, 0) is 0 Å². The zero-order chi connectivity index (χ0) is 34.3. The number of phenolic OH excluding ortho intramolecular Hbond substituents is 1. The first-order chi connectivity index (χ1) is 23.4. The summed E-state index contributed by atoms with van der Waals surface area (Å²) < 4.78 is 76.6. The number of benzene rings is 2. The number of phenols is 1. The molecule has 2 aromatic heterocycles. The molecule has 2 aromatic carbocycles. The molecule has 0 amide bonds. The van der Waals surface area contributed by atoms with Crippen molar-refractivity contribution in [3.8, 4) is 35.4 Å². The molecule has 2 unspecified atom stereocenters. The highest BCUT2D eigenvalue weighted by Gasteiger charge is 2.47. The fourth-order valence-electron chi connectivity index (χ4n) is 7.95. The minimum atomic E-state index is -2.31. The van der Waals surface area contributed by atoms with Crippen LogP contribution in [0.25, 0.3) is 32.9 Å². The number of piperazine rings is 1. The van der Waals surface area contributed by atoms with E-state index in [4.69, 9.17) is 20.3 Å². The van der Waals surface area contributed by atoms with E-state index in [0.29, 0.717) is 49.6 Å². The highest BCUT2D eigenvalue weighted by atomic mass is 19.1. The number of hydrogen-bond acceptors (Lipinski definition) is 8. The fraction of sp³-hybridized carbons (Fsp3) is 0.400. The van der Waals surface area contributed by atoms with Crippen molar-refractivity contribution in [2.75, 3.05) is 37.7 Å². The van der Waals surface area contributed by atoms with Gasteiger partial charge in [0.1, 0.15) is 35.2 Å². The molecule has 0 saturated carbocycles. The van der Waals surface area contributed by atoms with E-state index < -0.39 is 29.6 Å². The maximum absolute atomic E-state index is 16.9. The van der Waals surface area contributed by atoms with Gasteiger partial charge < -0.3 is 20.1 Å². The predicted octanol–water partition coefficient (Wildman–Crippen LogP) is 5.61. The van der Waals surface area contributed by atoms with Gasteiger partial charge >= 0.3 is 6.01 Å². The average molecular weight is 630 g/mol. The average Bonchev–Trinajstić information content (AvgIpc) is 3.73. The molecule has 3 atom stereocenters. The van der Waals surface area contributed by atoms with Gasteiger partial charge in [0.15, 0.2) is 5.82 Å². The number of rotatable bonds is 5. The number of nitrogens with zero attached hydrogens (tertiary/aromatic N) is 5. The minimum absolute atomic E-state index is 0.0723. The van der Waals surface area contributed by atoms with Gasteiger partial charge in [-0.25, -0.2) is 13.2 Å². The minimum Gasteiger partial charge on any atom is -0.508 e. The van der Waals surface area contributed by atoms with E-state index in [0.717, 1.165) is 19.4 Å². The molecule has 4 saturated heterocycles. The smallest absolute Gasteiger partial charge is 0.319 e. The Morgan fingerprint density at radius 1 is 1.28 bits per heavy atom. The lowest BCUT2D eigenvalue weighted by Crippen LogP contribution is -2.58. The first-order valence-corrected chi connectivity index (χ1v) is 15.4. The molecule has 4 fully saturated rings. The Morgan fingerprint density at radius 3 is 3.00 bits per heavy atom. The molecular formula is C35H33F3N6O2. The molecule has 8 rings (SSSR count). The van der Waals surface area contributed by atoms with Gasteiger partial charge in [-0.1, -0.05) is 12.0 Å². The molecule has 2 bridgehead atoms. The molecule has 0 radical (unpaired) electrons. The molecular weight excluding hydrogens is 593 g/mol. The number of anilines is 1. The van der Waals surface area contributed by atoms with Crippen LogP contribution < -0.4 is 15.0 Å². The van der Waals surface area contributed by atoms with Gasteiger partial charge in [0.2, 0.25) is 0 Å². The molecule has 4 aliphatic rings. The van der Waals surface area contributed by atoms with Crippen LogP contribution in [0.1, 0.15) is 48.6 Å². The van der Waals surface area contributed by atoms with Gasteiger partial charge in [-0.05, 0) is 74.7 Å². The Balaban J connectivity index is 1.29. The van der Waals surface area contributed by atoms with E-state index in [1.54, 1.807) is 0 Å². The second kappa shape index (κ2) is 10.6. The lowest BCUT2D eigenvalue weighted by atomic mass is 9.94. The summed E-state index contributed by atoms with van der Waals surface area (Å²) in [5.41, 5.74) is -1.36. The van der Waals surface area contributed by atoms with Crippen LogP contribution >= 0.6 is 0 Å². The van der Waals surface area contributed by atoms with Crippen LogP contribution in [0.4, 0.5) is 19.0 Å². The molecule has 6 heterocycles. The number of aromatic hydroxyl groups is 1.